The summed E-state index contributed by atoms with van der Waals surface area (Å²) >= 11 is 2.78. The molecule has 0 saturated carbocycles. The van der Waals surface area contributed by atoms with Crippen LogP contribution in [0.15, 0.2) is 60.7 Å². The fourth-order valence-electron chi connectivity index (χ4n) is 8.66. The summed E-state index contributed by atoms with van der Waals surface area (Å²) in [5.74, 6) is 8.23. The number of nitrogens with two attached hydrogens (primary N) is 2. The van der Waals surface area contributed by atoms with Crippen molar-refractivity contribution in [2.24, 2.45) is 17.4 Å². The lowest BCUT2D eigenvalue weighted by atomic mass is 10.0. The number of hydrogen-bond donors (Lipinski definition) is 7. The number of rotatable bonds is 25. The van der Waals surface area contributed by atoms with Gasteiger partial charge in [0.15, 0.2) is 45.8 Å². The lowest BCUT2D eigenvalue weighted by molar-refractivity contribution is -0.128. The maximum Gasteiger partial charge on any atom is 0.411 e. The van der Waals surface area contributed by atoms with Gasteiger partial charge in [0.25, 0.3) is 0 Å². The molecule has 7 rings (SSSR count). The number of para-hydroxylation sites is 1. The summed E-state index contributed by atoms with van der Waals surface area (Å²) in [4.78, 5) is 90.5. The zero-order valence-electron chi connectivity index (χ0n) is 47.2. The van der Waals surface area contributed by atoms with Gasteiger partial charge in [-0.15, -0.1) is 34.4 Å². The monoisotopic (exact) mass is 1200 g/mol. The average molecular weight is 1200 g/mol. The van der Waals surface area contributed by atoms with Gasteiger partial charge in [-0.1, -0.05) is 67.1 Å². The number of ether oxygens (including phenoxy) is 3. The highest BCUT2D eigenvalue weighted by molar-refractivity contribution is 7.22. The number of halogens is 1. The highest BCUT2D eigenvalue weighted by Gasteiger charge is 2.30. The van der Waals surface area contributed by atoms with E-state index in [9.17, 15) is 33.9 Å². The molecular formula is C59H64FN13O10S2. The predicted octanol–water partition coefficient (Wildman–Crippen LogP) is 7.21. The van der Waals surface area contributed by atoms with Crippen LogP contribution in [0.25, 0.3) is 10.2 Å². The molecule has 6 amide bonds. The summed E-state index contributed by atoms with van der Waals surface area (Å²) in [6.07, 6.45) is 11.9. The van der Waals surface area contributed by atoms with Gasteiger partial charge in [0.2, 0.25) is 11.8 Å². The van der Waals surface area contributed by atoms with E-state index in [-0.39, 0.29) is 81.9 Å². The molecule has 23 nitrogen and oxygen atoms in total. The molecule has 1 aliphatic rings. The van der Waals surface area contributed by atoms with Crippen molar-refractivity contribution in [3.8, 4) is 42.3 Å². The number of aromatic nitrogens is 4. The van der Waals surface area contributed by atoms with Crippen LogP contribution < -0.4 is 42.4 Å². The van der Waals surface area contributed by atoms with Gasteiger partial charge in [0.1, 0.15) is 12.6 Å². The highest BCUT2D eigenvalue weighted by Crippen LogP contribution is 2.39. The minimum absolute atomic E-state index is 0.0290. The molecular weight excluding hydrogens is 1130 g/mol. The Labute approximate surface area is 498 Å². The van der Waals surface area contributed by atoms with Gasteiger partial charge in [-0.2, -0.15) is 0 Å². The van der Waals surface area contributed by atoms with Crippen molar-refractivity contribution in [1.82, 2.24) is 40.6 Å². The molecule has 9 N–H and O–H groups in total. The predicted molar refractivity (Wildman–Crippen MR) is 320 cm³/mol. The number of primary amides is 1. The second-order valence-corrected chi connectivity index (χ2v) is 21.9. The van der Waals surface area contributed by atoms with E-state index >= 15 is 4.39 Å². The molecule has 6 aromatic rings. The van der Waals surface area contributed by atoms with Crippen LogP contribution in [0.1, 0.15) is 82.7 Å². The standard InChI is InChI=1S/C59H64FN13O10S2/c1-7-26-72(59(80)82-29-8-2)33-39-32-40(64-52(74)44(18-11-25-63-55(62)78)65-53(75)48(61)35(3)4)23-22-38(39)34-83-58(79)71(6)27-12-15-37-21-24-45(42(60)31-37)81-30-14-20-47-49(54(76)77)67-57(85-47)73-28-13-16-41-36(5)50(69-70-51(41)73)68-56-66-43-17-9-10-19-46(43)84-56/h1-2,9-10,17,19,21-24,31-32,35,44,48H,11,13-14,16,18,20,25-30,33-34,61H2,3-6H3,(H,64,74)(H,65,75)(H,76,77)(H3,62,63,78)(H,66,68,69)/t44-,48-/m0/s1. The smallest absolute Gasteiger partial charge is 0.411 e. The van der Waals surface area contributed by atoms with Crippen LogP contribution >= 0.6 is 22.7 Å². The maximum atomic E-state index is 15.3. The molecule has 4 heterocycles. The van der Waals surface area contributed by atoms with Gasteiger partial charge in [-0.05, 0) is 105 Å². The number of amides is 6. The summed E-state index contributed by atoms with van der Waals surface area (Å²) in [5.41, 5.74) is 15.3. The van der Waals surface area contributed by atoms with E-state index in [0.717, 1.165) is 34.2 Å². The fraction of sp³-hybridized carbons (Fsp3) is 0.356. The Morgan fingerprint density at radius 1 is 0.941 bits per heavy atom. The van der Waals surface area contributed by atoms with Crippen LogP contribution in [0.5, 0.6) is 5.75 Å². The normalized spacial score (nSPS) is 12.3. The van der Waals surface area contributed by atoms with Gasteiger partial charge in [0.05, 0.1) is 42.5 Å². The first-order valence-electron chi connectivity index (χ1n) is 26.9. The molecule has 0 saturated heterocycles. The minimum atomic E-state index is -1.17. The number of aromatic carboxylic acids is 1. The van der Waals surface area contributed by atoms with E-state index in [1.807, 2.05) is 36.1 Å². The van der Waals surface area contributed by atoms with Crippen LogP contribution in [-0.4, -0.2) is 130 Å². The van der Waals surface area contributed by atoms with Gasteiger partial charge in [0, 0.05) is 47.4 Å². The first-order chi connectivity index (χ1) is 40.8. The Balaban J connectivity index is 0.936. The molecule has 3 aromatic heterocycles. The summed E-state index contributed by atoms with van der Waals surface area (Å²) < 4.78 is 32.9. The molecule has 0 unspecified atom stereocenters. The fourth-order valence-corrected chi connectivity index (χ4v) is 10.6. The number of fused-ring (bicyclic) bond motifs is 2. The zero-order valence-corrected chi connectivity index (χ0v) is 48.8. The third kappa shape index (κ3) is 17.3. The topological polar surface area (TPSA) is 312 Å². The second kappa shape index (κ2) is 30.1. The summed E-state index contributed by atoms with van der Waals surface area (Å²) in [6.45, 7) is 5.15. The molecule has 0 radical (unpaired) electrons. The number of urea groups is 1. The number of anilines is 5. The molecule has 0 fully saturated rings. The van der Waals surface area contributed by atoms with E-state index < -0.39 is 53.9 Å². The van der Waals surface area contributed by atoms with Crippen LogP contribution in [0, 0.1) is 55.2 Å². The number of carbonyl (C=O) groups excluding carboxylic acids is 5. The van der Waals surface area contributed by atoms with Crippen molar-refractivity contribution in [2.75, 3.05) is 62.0 Å². The molecule has 1 aliphatic heterocycles. The Morgan fingerprint density at radius 3 is 2.47 bits per heavy atom. The van der Waals surface area contributed by atoms with Crippen molar-refractivity contribution < 1.29 is 52.5 Å². The van der Waals surface area contributed by atoms with E-state index in [1.54, 1.807) is 32.0 Å². The Hall–Kier alpha value is -9.55. The number of carbonyl (C=O) groups is 6. The molecule has 26 heteroatoms. The van der Waals surface area contributed by atoms with E-state index in [2.05, 4.69) is 65.1 Å². The van der Waals surface area contributed by atoms with E-state index in [0.29, 0.717) is 62.9 Å². The first-order valence-corrected chi connectivity index (χ1v) is 28.6. The van der Waals surface area contributed by atoms with Crippen LogP contribution in [0.4, 0.5) is 46.4 Å². The van der Waals surface area contributed by atoms with Crippen molar-refractivity contribution in [2.45, 2.75) is 84.5 Å². The molecule has 85 heavy (non-hydrogen) atoms. The SMILES string of the molecule is C#CCOC(=O)N(CC#C)Cc1cc(NC(=O)[C@H](CCCNC(N)=O)NC(=O)[C@@H](N)C(C)C)ccc1COC(=O)N(C)CC#Cc1ccc(OCCCc2sc(N3CCCc4c3nnc(Nc3nc5ccccc5s3)c4C)nc2C(=O)O)c(F)c1. The van der Waals surface area contributed by atoms with Crippen molar-refractivity contribution >= 4 is 96.5 Å². The number of terminal acetylenes is 2. The number of carboxylic acids is 1. The molecule has 2 atom stereocenters. The Kier molecular flexibility index (Phi) is 22.3. The summed E-state index contributed by atoms with van der Waals surface area (Å²) in [5, 5.41) is 31.6. The third-order valence-electron chi connectivity index (χ3n) is 13.3. The summed E-state index contributed by atoms with van der Waals surface area (Å²) in [7, 11) is 1.45. The Bertz CT molecular complexity index is 3550. The van der Waals surface area contributed by atoms with Crippen LogP contribution in [0.3, 0.4) is 0 Å². The first kappa shape index (κ1) is 63.0. The lowest BCUT2D eigenvalue weighted by Gasteiger charge is -2.28. The van der Waals surface area contributed by atoms with Crippen LogP contribution in [0.2, 0.25) is 0 Å². The number of hydrogen-bond acceptors (Lipinski definition) is 18. The number of carboxylic acid groups (broad SMARTS) is 1. The molecule has 444 valence electrons. The minimum Gasteiger partial charge on any atom is -0.491 e. The molecule has 0 bridgehead atoms. The number of nitrogens with one attached hydrogen (secondary N) is 4. The molecule has 0 aliphatic carbocycles. The van der Waals surface area contributed by atoms with Crippen molar-refractivity contribution in [3.63, 3.8) is 0 Å². The average Bonchev–Trinajstić information content (AvgIpc) is 2.78. The second-order valence-electron chi connectivity index (χ2n) is 19.8. The van der Waals surface area contributed by atoms with E-state index in [1.165, 1.54) is 57.7 Å². The van der Waals surface area contributed by atoms with Gasteiger partial charge < -0.3 is 61.9 Å². The number of benzene rings is 3. The van der Waals surface area contributed by atoms with Crippen LogP contribution in [-0.2, 0) is 45.1 Å². The summed E-state index contributed by atoms with van der Waals surface area (Å²) in [6, 6.07) is 14.0. The highest BCUT2D eigenvalue weighted by atomic mass is 32.1. The maximum absolute atomic E-state index is 15.3. The van der Waals surface area contributed by atoms with Gasteiger partial charge in [-0.3, -0.25) is 14.5 Å². The third-order valence-corrected chi connectivity index (χ3v) is 15.3. The van der Waals surface area contributed by atoms with Crippen molar-refractivity contribution in [1.29, 1.82) is 0 Å². The van der Waals surface area contributed by atoms with Gasteiger partial charge in [-0.25, -0.2) is 33.5 Å². The quantitative estimate of drug-likeness (QED) is 0.0220. The largest absolute Gasteiger partial charge is 0.491 e. The lowest BCUT2D eigenvalue weighted by Crippen LogP contribution is -2.51. The zero-order chi connectivity index (χ0) is 61.2. The molecule has 0 spiro atoms. The Morgan fingerprint density at radius 2 is 1.74 bits per heavy atom. The van der Waals surface area contributed by atoms with E-state index in [4.69, 9.17) is 38.5 Å². The number of thiazole rings is 2. The van der Waals surface area contributed by atoms with Gasteiger partial charge >= 0.3 is 24.2 Å². The number of aryl methyl sites for hydroxylation is 1. The van der Waals surface area contributed by atoms with Crippen molar-refractivity contribution in [3.05, 3.63) is 105 Å². The molecule has 3 aromatic carbocycles. The number of nitrogens with zero attached hydrogens (tertiary/aromatic N) is 7.